The van der Waals surface area contributed by atoms with Crippen LogP contribution in [0.1, 0.15) is 20.3 Å². The van der Waals surface area contributed by atoms with Crippen molar-refractivity contribution in [3.05, 3.63) is 24.3 Å². The van der Waals surface area contributed by atoms with Gasteiger partial charge in [0.2, 0.25) is 5.95 Å². The summed E-state index contributed by atoms with van der Waals surface area (Å²) >= 11 is 0. The second kappa shape index (κ2) is 5.25. The molecular formula is C15H21N5. The summed E-state index contributed by atoms with van der Waals surface area (Å²) in [4.78, 5) is 11.4. The number of hydrazine groups is 1. The highest BCUT2D eigenvalue weighted by atomic mass is 15.3. The number of nitrogen functional groups attached to an aromatic ring is 1. The van der Waals surface area contributed by atoms with Crippen LogP contribution in [0.4, 0.5) is 11.8 Å². The number of para-hydroxylation sites is 1. The highest BCUT2D eigenvalue weighted by Gasteiger charge is 2.24. The van der Waals surface area contributed by atoms with E-state index in [1.54, 1.807) is 0 Å². The maximum absolute atomic E-state index is 5.50. The molecule has 20 heavy (non-hydrogen) atoms. The van der Waals surface area contributed by atoms with Gasteiger partial charge in [-0.3, -0.25) is 5.43 Å². The first-order chi connectivity index (χ1) is 9.67. The number of nitrogens with two attached hydrogens (primary N) is 1. The van der Waals surface area contributed by atoms with Crippen LogP contribution in [0, 0.1) is 11.8 Å². The minimum absolute atomic E-state index is 0.476. The summed E-state index contributed by atoms with van der Waals surface area (Å²) in [5, 5.41) is 1.09. The largest absolute Gasteiger partial charge is 0.355 e. The molecule has 1 saturated heterocycles. The quantitative estimate of drug-likeness (QED) is 0.648. The van der Waals surface area contributed by atoms with Crippen LogP contribution in [0.15, 0.2) is 24.3 Å². The molecule has 1 fully saturated rings. The molecule has 5 nitrogen and oxygen atoms in total. The molecule has 106 valence electrons. The van der Waals surface area contributed by atoms with Crippen molar-refractivity contribution in [2.45, 2.75) is 20.3 Å². The van der Waals surface area contributed by atoms with E-state index in [2.05, 4.69) is 40.2 Å². The van der Waals surface area contributed by atoms with Gasteiger partial charge in [0.25, 0.3) is 0 Å². The number of anilines is 2. The Morgan fingerprint density at radius 3 is 2.55 bits per heavy atom. The molecule has 0 radical (unpaired) electrons. The number of fused-ring (bicyclic) bond motifs is 1. The monoisotopic (exact) mass is 271 g/mol. The van der Waals surface area contributed by atoms with Crippen molar-refractivity contribution >= 4 is 22.7 Å². The molecule has 0 bridgehead atoms. The van der Waals surface area contributed by atoms with Gasteiger partial charge in [0.15, 0.2) is 0 Å². The van der Waals surface area contributed by atoms with Gasteiger partial charge in [-0.1, -0.05) is 26.0 Å². The minimum Gasteiger partial charge on any atom is -0.355 e. The van der Waals surface area contributed by atoms with E-state index in [9.17, 15) is 0 Å². The van der Waals surface area contributed by atoms with E-state index in [1.807, 2.05) is 18.2 Å². The second-order valence-electron chi connectivity index (χ2n) is 5.88. The van der Waals surface area contributed by atoms with E-state index < -0.39 is 0 Å². The molecule has 1 aliphatic rings. The first-order valence-corrected chi connectivity index (χ1v) is 7.15. The van der Waals surface area contributed by atoms with E-state index >= 15 is 0 Å². The molecule has 2 atom stereocenters. The molecule has 2 heterocycles. The van der Waals surface area contributed by atoms with Gasteiger partial charge in [0.1, 0.15) is 5.82 Å². The predicted molar refractivity (Wildman–Crippen MR) is 82.5 cm³/mol. The van der Waals surface area contributed by atoms with Crippen LogP contribution in [0.3, 0.4) is 0 Å². The van der Waals surface area contributed by atoms with Crippen LogP contribution in [0.25, 0.3) is 10.9 Å². The van der Waals surface area contributed by atoms with E-state index in [-0.39, 0.29) is 0 Å². The van der Waals surface area contributed by atoms with Gasteiger partial charge < -0.3 is 4.90 Å². The molecule has 0 aliphatic carbocycles. The number of benzene rings is 1. The molecule has 1 aromatic heterocycles. The fourth-order valence-corrected chi connectivity index (χ4v) is 3.20. The van der Waals surface area contributed by atoms with Crippen molar-refractivity contribution < 1.29 is 0 Å². The Morgan fingerprint density at radius 2 is 1.85 bits per heavy atom. The normalized spacial score (nSPS) is 23.1. The van der Waals surface area contributed by atoms with Crippen LogP contribution in [-0.2, 0) is 0 Å². The topological polar surface area (TPSA) is 67.1 Å². The first-order valence-electron chi connectivity index (χ1n) is 7.15. The Hall–Kier alpha value is -1.88. The van der Waals surface area contributed by atoms with Crippen molar-refractivity contribution in [1.82, 2.24) is 9.97 Å². The summed E-state index contributed by atoms with van der Waals surface area (Å²) in [6.45, 7) is 6.67. The summed E-state index contributed by atoms with van der Waals surface area (Å²) < 4.78 is 0. The Kier molecular flexibility index (Phi) is 3.44. The van der Waals surface area contributed by atoms with Crippen molar-refractivity contribution in [2.24, 2.45) is 17.7 Å². The van der Waals surface area contributed by atoms with Crippen molar-refractivity contribution in [3.63, 3.8) is 0 Å². The lowest BCUT2D eigenvalue weighted by molar-refractivity contribution is 0.356. The van der Waals surface area contributed by atoms with E-state index in [4.69, 9.17) is 5.84 Å². The summed E-state index contributed by atoms with van der Waals surface area (Å²) in [6, 6.07) is 8.09. The summed E-state index contributed by atoms with van der Waals surface area (Å²) in [5.41, 5.74) is 3.50. The number of nitrogens with zero attached hydrogens (tertiary/aromatic N) is 3. The SMILES string of the molecule is CC1CC(C)CN(c2nc(NN)nc3ccccc23)C1. The predicted octanol–water partition coefficient (Wildman–Crippen LogP) is 2.40. The number of piperidine rings is 1. The van der Waals surface area contributed by atoms with E-state index in [1.165, 1.54) is 6.42 Å². The molecule has 2 aromatic rings. The number of rotatable bonds is 2. The molecule has 0 amide bonds. The van der Waals surface area contributed by atoms with Crippen molar-refractivity contribution in [2.75, 3.05) is 23.4 Å². The molecule has 1 aromatic carbocycles. The third kappa shape index (κ3) is 2.41. The van der Waals surface area contributed by atoms with Crippen LogP contribution < -0.4 is 16.2 Å². The molecule has 5 heteroatoms. The molecule has 2 unspecified atom stereocenters. The zero-order valence-corrected chi connectivity index (χ0v) is 12.0. The lowest BCUT2D eigenvalue weighted by atomic mass is 9.92. The zero-order chi connectivity index (χ0) is 14.1. The third-order valence-corrected chi connectivity index (χ3v) is 3.88. The lowest BCUT2D eigenvalue weighted by Gasteiger charge is -2.36. The van der Waals surface area contributed by atoms with Gasteiger partial charge in [-0.15, -0.1) is 0 Å². The maximum Gasteiger partial charge on any atom is 0.239 e. The summed E-state index contributed by atoms with van der Waals surface area (Å²) in [6.07, 6.45) is 1.28. The van der Waals surface area contributed by atoms with E-state index in [0.29, 0.717) is 17.8 Å². The molecule has 3 N–H and O–H groups in total. The summed E-state index contributed by atoms with van der Waals surface area (Å²) in [5.74, 6) is 8.33. The summed E-state index contributed by atoms with van der Waals surface area (Å²) in [7, 11) is 0. The molecule has 3 rings (SSSR count). The number of hydrogen-bond acceptors (Lipinski definition) is 5. The van der Waals surface area contributed by atoms with Gasteiger partial charge in [-0.25, -0.2) is 10.8 Å². The van der Waals surface area contributed by atoms with Crippen LogP contribution in [0.5, 0.6) is 0 Å². The van der Waals surface area contributed by atoms with Crippen molar-refractivity contribution in [3.8, 4) is 0 Å². The number of hydrogen-bond donors (Lipinski definition) is 2. The fourth-order valence-electron chi connectivity index (χ4n) is 3.20. The first kappa shape index (κ1) is 13.1. The average Bonchev–Trinajstić information content (AvgIpc) is 2.45. The van der Waals surface area contributed by atoms with Gasteiger partial charge in [0.05, 0.1) is 5.52 Å². The Bertz CT molecular complexity index is 602. The lowest BCUT2D eigenvalue weighted by Crippen LogP contribution is -2.39. The maximum atomic E-state index is 5.50. The van der Waals surface area contributed by atoms with E-state index in [0.717, 1.165) is 29.8 Å². The third-order valence-electron chi connectivity index (χ3n) is 3.88. The number of nitrogens with one attached hydrogen (secondary N) is 1. The second-order valence-corrected chi connectivity index (χ2v) is 5.88. The van der Waals surface area contributed by atoms with Gasteiger partial charge in [0, 0.05) is 18.5 Å². The van der Waals surface area contributed by atoms with Gasteiger partial charge in [-0.2, -0.15) is 4.98 Å². The van der Waals surface area contributed by atoms with Crippen LogP contribution >= 0.6 is 0 Å². The molecule has 1 aliphatic heterocycles. The van der Waals surface area contributed by atoms with Crippen LogP contribution in [0.2, 0.25) is 0 Å². The fraction of sp³-hybridized carbons (Fsp3) is 0.467. The minimum atomic E-state index is 0.476. The highest BCUT2D eigenvalue weighted by molar-refractivity contribution is 5.90. The average molecular weight is 271 g/mol. The molecule has 0 spiro atoms. The van der Waals surface area contributed by atoms with Gasteiger partial charge >= 0.3 is 0 Å². The Labute approximate surface area is 119 Å². The zero-order valence-electron chi connectivity index (χ0n) is 12.0. The standard InChI is InChI=1S/C15H21N5/c1-10-7-11(2)9-20(8-10)14-12-5-3-4-6-13(12)17-15(18-14)19-16/h3-6,10-11H,7-9,16H2,1-2H3,(H,17,18,19). The highest BCUT2D eigenvalue weighted by Crippen LogP contribution is 2.30. The smallest absolute Gasteiger partial charge is 0.239 e. The van der Waals surface area contributed by atoms with Crippen molar-refractivity contribution in [1.29, 1.82) is 0 Å². The number of aromatic nitrogens is 2. The Morgan fingerprint density at radius 1 is 1.15 bits per heavy atom. The molecule has 0 saturated carbocycles. The van der Waals surface area contributed by atoms with Gasteiger partial charge in [-0.05, 0) is 30.4 Å². The van der Waals surface area contributed by atoms with Crippen LogP contribution in [-0.4, -0.2) is 23.1 Å². The molecular weight excluding hydrogens is 250 g/mol. The Balaban J connectivity index is 2.09.